The van der Waals surface area contributed by atoms with Crippen LogP contribution in [0.5, 0.6) is 0 Å². The van der Waals surface area contributed by atoms with E-state index in [-0.39, 0.29) is 0 Å². The normalized spacial score (nSPS) is 12.9. The van der Waals surface area contributed by atoms with Crippen molar-refractivity contribution >= 4 is 10.8 Å². The van der Waals surface area contributed by atoms with Crippen molar-refractivity contribution in [1.29, 1.82) is 0 Å². The molecule has 0 saturated carbocycles. The molecule has 16 heavy (non-hydrogen) atoms. The first-order valence-electron chi connectivity index (χ1n) is 5.94. The monoisotopic (exact) mass is 213 g/mol. The second-order valence-corrected chi connectivity index (χ2v) is 4.40. The molecule has 1 unspecified atom stereocenters. The van der Waals surface area contributed by atoms with Crippen LogP contribution in [0.4, 0.5) is 0 Å². The predicted octanol–water partition coefficient (Wildman–Crippen LogP) is 3.55. The SMILES string of the molecule is CNCCC(C)c1ccc2ccccc2c1. The van der Waals surface area contributed by atoms with Crippen molar-refractivity contribution in [1.82, 2.24) is 5.32 Å². The molecule has 2 aromatic carbocycles. The van der Waals surface area contributed by atoms with Crippen LogP contribution in [0.3, 0.4) is 0 Å². The van der Waals surface area contributed by atoms with Crippen LogP contribution in [-0.2, 0) is 0 Å². The van der Waals surface area contributed by atoms with Crippen LogP contribution in [-0.4, -0.2) is 13.6 Å². The van der Waals surface area contributed by atoms with E-state index in [9.17, 15) is 0 Å². The molecule has 0 amide bonds. The number of rotatable bonds is 4. The smallest absolute Gasteiger partial charge is 0.00462 e. The highest BCUT2D eigenvalue weighted by Gasteiger charge is 2.05. The summed E-state index contributed by atoms with van der Waals surface area (Å²) in [6, 6.07) is 15.3. The topological polar surface area (TPSA) is 12.0 Å². The van der Waals surface area contributed by atoms with Gasteiger partial charge in [0.05, 0.1) is 0 Å². The predicted molar refractivity (Wildman–Crippen MR) is 70.9 cm³/mol. The van der Waals surface area contributed by atoms with Gasteiger partial charge in [0.1, 0.15) is 0 Å². The number of benzene rings is 2. The van der Waals surface area contributed by atoms with E-state index in [1.807, 2.05) is 7.05 Å². The average Bonchev–Trinajstić information content (AvgIpc) is 2.35. The molecule has 0 aromatic heterocycles. The minimum Gasteiger partial charge on any atom is -0.320 e. The summed E-state index contributed by atoms with van der Waals surface area (Å²) in [7, 11) is 2.01. The zero-order chi connectivity index (χ0) is 11.4. The standard InChI is InChI=1S/C15H19N/c1-12(9-10-16-2)14-8-7-13-5-3-4-6-15(13)11-14/h3-8,11-12,16H,9-10H2,1-2H3. The highest BCUT2D eigenvalue weighted by Crippen LogP contribution is 2.23. The van der Waals surface area contributed by atoms with Crippen molar-refractivity contribution in [2.75, 3.05) is 13.6 Å². The van der Waals surface area contributed by atoms with Gasteiger partial charge >= 0.3 is 0 Å². The van der Waals surface area contributed by atoms with Gasteiger partial charge in [-0.15, -0.1) is 0 Å². The molecule has 0 bridgehead atoms. The second kappa shape index (κ2) is 5.13. The van der Waals surface area contributed by atoms with E-state index < -0.39 is 0 Å². The molecule has 0 fully saturated rings. The maximum atomic E-state index is 3.21. The van der Waals surface area contributed by atoms with Crippen LogP contribution in [0.2, 0.25) is 0 Å². The molecule has 1 heteroatoms. The van der Waals surface area contributed by atoms with Crippen LogP contribution in [0.1, 0.15) is 24.8 Å². The van der Waals surface area contributed by atoms with Crippen LogP contribution < -0.4 is 5.32 Å². The van der Waals surface area contributed by atoms with Crippen LogP contribution >= 0.6 is 0 Å². The molecule has 2 rings (SSSR count). The van der Waals surface area contributed by atoms with Crippen molar-refractivity contribution in [3.05, 3.63) is 48.0 Å². The van der Waals surface area contributed by atoms with Crippen molar-refractivity contribution in [2.24, 2.45) is 0 Å². The van der Waals surface area contributed by atoms with Gasteiger partial charge in [0.15, 0.2) is 0 Å². The largest absolute Gasteiger partial charge is 0.320 e. The Balaban J connectivity index is 2.25. The van der Waals surface area contributed by atoms with E-state index in [2.05, 4.69) is 54.7 Å². The fourth-order valence-electron chi connectivity index (χ4n) is 2.04. The molecule has 0 radical (unpaired) electrons. The van der Waals surface area contributed by atoms with Gasteiger partial charge in [-0.1, -0.05) is 49.4 Å². The lowest BCUT2D eigenvalue weighted by Crippen LogP contribution is -2.10. The molecule has 0 aliphatic carbocycles. The summed E-state index contributed by atoms with van der Waals surface area (Å²) in [4.78, 5) is 0. The zero-order valence-corrected chi connectivity index (χ0v) is 10.0. The first kappa shape index (κ1) is 11.2. The molecule has 84 valence electrons. The van der Waals surface area contributed by atoms with Crippen LogP contribution in [0.25, 0.3) is 10.8 Å². The highest BCUT2D eigenvalue weighted by molar-refractivity contribution is 5.83. The first-order chi connectivity index (χ1) is 7.81. The fourth-order valence-corrected chi connectivity index (χ4v) is 2.04. The van der Waals surface area contributed by atoms with Crippen LogP contribution in [0.15, 0.2) is 42.5 Å². The fraction of sp³-hybridized carbons (Fsp3) is 0.333. The minimum absolute atomic E-state index is 0.622. The Bertz CT molecular complexity index is 462. The Morgan fingerprint density at radius 2 is 1.81 bits per heavy atom. The van der Waals surface area contributed by atoms with Crippen molar-refractivity contribution in [3.8, 4) is 0 Å². The van der Waals surface area contributed by atoms with Gasteiger partial charge in [-0.25, -0.2) is 0 Å². The summed E-state index contributed by atoms with van der Waals surface area (Å²) in [5.41, 5.74) is 1.44. The minimum atomic E-state index is 0.622. The van der Waals surface area contributed by atoms with Gasteiger partial charge in [-0.3, -0.25) is 0 Å². The van der Waals surface area contributed by atoms with Gasteiger partial charge in [0, 0.05) is 0 Å². The number of nitrogens with one attached hydrogen (secondary N) is 1. The van der Waals surface area contributed by atoms with E-state index in [0.717, 1.165) is 6.54 Å². The maximum absolute atomic E-state index is 3.21. The lowest BCUT2D eigenvalue weighted by Gasteiger charge is -2.12. The lowest BCUT2D eigenvalue weighted by molar-refractivity contribution is 0.637. The molecule has 0 spiro atoms. The second-order valence-electron chi connectivity index (χ2n) is 4.40. The van der Waals surface area contributed by atoms with E-state index >= 15 is 0 Å². The summed E-state index contributed by atoms with van der Waals surface area (Å²) in [6.45, 7) is 3.37. The van der Waals surface area contributed by atoms with Gasteiger partial charge in [-0.05, 0) is 42.3 Å². The third-order valence-corrected chi connectivity index (χ3v) is 3.17. The van der Waals surface area contributed by atoms with Crippen LogP contribution in [0, 0.1) is 0 Å². The Hall–Kier alpha value is -1.34. The Morgan fingerprint density at radius 3 is 2.56 bits per heavy atom. The van der Waals surface area contributed by atoms with Gasteiger partial charge in [0.2, 0.25) is 0 Å². The molecule has 1 N–H and O–H groups in total. The maximum Gasteiger partial charge on any atom is -0.00462 e. The lowest BCUT2D eigenvalue weighted by atomic mass is 9.95. The van der Waals surface area contributed by atoms with E-state index in [4.69, 9.17) is 0 Å². The summed E-state index contributed by atoms with van der Waals surface area (Å²) < 4.78 is 0. The summed E-state index contributed by atoms with van der Waals surface area (Å²) in [6.07, 6.45) is 1.19. The Morgan fingerprint density at radius 1 is 1.06 bits per heavy atom. The zero-order valence-electron chi connectivity index (χ0n) is 10.0. The molecular weight excluding hydrogens is 194 g/mol. The molecule has 0 saturated heterocycles. The van der Waals surface area contributed by atoms with E-state index in [0.29, 0.717) is 5.92 Å². The molecule has 0 heterocycles. The van der Waals surface area contributed by atoms with Crippen molar-refractivity contribution in [3.63, 3.8) is 0 Å². The Labute approximate surface area is 97.5 Å². The Kier molecular flexibility index (Phi) is 3.58. The van der Waals surface area contributed by atoms with Gasteiger partial charge in [-0.2, -0.15) is 0 Å². The number of fused-ring (bicyclic) bond motifs is 1. The third-order valence-electron chi connectivity index (χ3n) is 3.17. The molecule has 1 atom stereocenters. The van der Waals surface area contributed by atoms with Gasteiger partial charge in [0.25, 0.3) is 0 Å². The summed E-state index contributed by atoms with van der Waals surface area (Å²) in [5, 5.41) is 5.88. The first-order valence-corrected chi connectivity index (χ1v) is 5.94. The van der Waals surface area contributed by atoms with E-state index in [1.165, 1.54) is 22.8 Å². The van der Waals surface area contributed by atoms with E-state index in [1.54, 1.807) is 0 Å². The molecule has 0 aliphatic heterocycles. The van der Waals surface area contributed by atoms with Crippen molar-refractivity contribution in [2.45, 2.75) is 19.3 Å². The number of hydrogen-bond donors (Lipinski definition) is 1. The van der Waals surface area contributed by atoms with Gasteiger partial charge < -0.3 is 5.32 Å². The molecule has 2 aromatic rings. The third kappa shape index (κ3) is 2.42. The number of hydrogen-bond acceptors (Lipinski definition) is 1. The average molecular weight is 213 g/mol. The van der Waals surface area contributed by atoms with Crippen molar-refractivity contribution < 1.29 is 0 Å². The molecule has 1 nitrogen and oxygen atoms in total. The summed E-state index contributed by atoms with van der Waals surface area (Å²) in [5.74, 6) is 0.622. The highest BCUT2D eigenvalue weighted by atomic mass is 14.8. The molecule has 0 aliphatic rings. The quantitative estimate of drug-likeness (QED) is 0.819. The summed E-state index contributed by atoms with van der Waals surface area (Å²) >= 11 is 0. The molecular formula is C15H19N.